The van der Waals surface area contributed by atoms with Crippen LogP contribution in [0.4, 0.5) is 24.5 Å². The topological polar surface area (TPSA) is 64.3 Å². The number of nitrogen functional groups attached to an aromatic ring is 1. The molecule has 1 aromatic rings. The van der Waals surface area contributed by atoms with Gasteiger partial charge >= 0.3 is 6.18 Å². The normalized spacial score (nSPS) is 11.7. The SMILES string of the molecule is CC(C)OCCC(=O)Nc1ccc(N)c(C(F)(F)F)c1. The van der Waals surface area contributed by atoms with Crippen LogP contribution in [0.15, 0.2) is 18.2 Å². The Kier molecular flexibility index (Phi) is 5.38. The van der Waals surface area contributed by atoms with Crippen LogP contribution in [0.2, 0.25) is 0 Å². The summed E-state index contributed by atoms with van der Waals surface area (Å²) in [5.74, 6) is -0.413. The van der Waals surface area contributed by atoms with E-state index >= 15 is 0 Å². The lowest BCUT2D eigenvalue weighted by molar-refractivity contribution is -0.137. The molecular formula is C13H17F3N2O2. The van der Waals surface area contributed by atoms with Crippen molar-refractivity contribution in [2.24, 2.45) is 0 Å². The van der Waals surface area contributed by atoms with Crippen LogP contribution < -0.4 is 11.1 Å². The molecule has 3 N–H and O–H groups in total. The number of anilines is 2. The monoisotopic (exact) mass is 290 g/mol. The van der Waals surface area contributed by atoms with Crippen molar-refractivity contribution in [3.8, 4) is 0 Å². The summed E-state index contributed by atoms with van der Waals surface area (Å²) in [4.78, 5) is 11.5. The Morgan fingerprint density at radius 2 is 2.05 bits per heavy atom. The smallest absolute Gasteiger partial charge is 0.398 e. The summed E-state index contributed by atoms with van der Waals surface area (Å²) in [7, 11) is 0. The molecule has 0 aromatic heterocycles. The summed E-state index contributed by atoms with van der Waals surface area (Å²) >= 11 is 0. The molecule has 1 amide bonds. The predicted octanol–water partition coefficient (Wildman–Crippen LogP) is 3.04. The van der Waals surface area contributed by atoms with Gasteiger partial charge in [-0.2, -0.15) is 13.2 Å². The predicted molar refractivity (Wildman–Crippen MR) is 70.2 cm³/mol. The van der Waals surface area contributed by atoms with Crippen LogP contribution >= 0.6 is 0 Å². The summed E-state index contributed by atoms with van der Waals surface area (Å²) in [6.45, 7) is 3.87. The molecule has 1 aromatic carbocycles. The van der Waals surface area contributed by atoms with E-state index in [2.05, 4.69) is 5.32 Å². The first-order valence-electron chi connectivity index (χ1n) is 6.08. The van der Waals surface area contributed by atoms with Gasteiger partial charge in [0.05, 0.1) is 24.7 Å². The van der Waals surface area contributed by atoms with Crippen LogP contribution in [0.3, 0.4) is 0 Å². The Morgan fingerprint density at radius 3 is 2.60 bits per heavy atom. The van der Waals surface area contributed by atoms with Gasteiger partial charge in [-0.3, -0.25) is 4.79 Å². The van der Waals surface area contributed by atoms with Crippen molar-refractivity contribution in [2.75, 3.05) is 17.7 Å². The standard InChI is InChI=1S/C13H17F3N2O2/c1-8(2)20-6-5-12(19)18-9-3-4-11(17)10(7-9)13(14,15)16/h3-4,7-8H,5-6,17H2,1-2H3,(H,18,19). The quantitative estimate of drug-likeness (QED) is 0.819. The van der Waals surface area contributed by atoms with Crippen molar-refractivity contribution in [3.63, 3.8) is 0 Å². The Labute approximate surface area is 115 Å². The fourth-order valence-electron chi connectivity index (χ4n) is 1.49. The second-order valence-corrected chi connectivity index (χ2v) is 4.52. The summed E-state index contributed by atoms with van der Waals surface area (Å²) in [6, 6.07) is 3.26. The minimum Gasteiger partial charge on any atom is -0.398 e. The maximum absolute atomic E-state index is 12.6. The highest BCUT2D eigenvalue weighted by molar-refractivity contribution is 5.91. The van der Waals surface area contributed by atoms with Gasteiger partial charge in [0.25, 0.3) is 0 Å². The zero-order chi connectivity index (χ0) is 15.3. The number of hydrogen-bond donors (Lipinski definition) is 2. The average Bonchev–Trinajstić information content (AvgIpc) is 2.29. The van der Waals surface area contributed by atoms with E-state index < -0.39 is 17.6 Å². The lowest BCUT2D eigenvalue weighted by Crippen LogP contribution is -2.17. The molecular weight excluding hydrogens is 273 g/mol. The van der Waals surface area contributed by atoms with Gasteiger partial charge in [0.2, 0.25) is 5.91 Å². The van der Waals surface area contributed by atoms with Gasteiger partial charge in [-0.05, 0) is 32.0 Å². The average molecular weight is 290 g/mol. The number of ether oxygens (including phenoxy) is 1. The highest BCUT2D eigenvalue weighted by atomic mass is 19.4. The summed E-state index contributed by atoms with van der Waals surface area (Å²) < 4.78 is 43.1. The van der Waals surface area contributed by atoms with Crippen LogP contribution in [0.25, 0.3) is 0 Å². The number of halogens is 3. The Balaban J connectivity index is 2.67. The molecule has 0 saturated carbocycles. The van der Waals surface area contributed by atoms with E-state index in [4.69, 9.17) is 10.5 Å². The number of alkyl halides is 3. The maximum Gasteiger partial charge on any atom is 0.418 e. The molecule has 0 heterocycles. The van der Waals surface area contributed by atoms with E-state index in [9.17, 15) is 18.0 Å². The lowest BCUT2D eigenvalue weighted by Gasteiger charge is -2.13. The third kappa shape index (κ3) is 5.08. The third-order valence-electron chi connectivity index (χ3n) is 2.42. The van der Waals surface area contributed by atoms with E-state index in [1.165, 1.54) is 6.07 Å². The van der Waals surface area contributed by atoms with Gasteiger partial charge in [0, 0.05) is 11.4 Å². The fraction of sp³-hybridized carbons (Fsp3) is 0.462. The Hall–Kier alpha value is -1.76. The molecule has 112 valence electrons. The van der Waals surface area contributed by atoms with E-state index in [1.54, 1.807) is 0 Å². The van der Waals surface area contributed by atoms with Crippen molar-refractivity contribution in [1.82, 2.24) is 0 Å². The molecule has 0 saturated heterocycles. The number of rotatable bonds is 5. The molecule has 7 heteroatoms. The zero-order valence-corrected chi connectivity index (χ0v) is 11.3. The Morgan fingerprint density at radius 1 is 1.40 bits per heavy atom. The summed E-state index contributed by atoms with van der Waals surface area (Å²) in [5.41, 5.74) is 3.98. The number of carbonyl (C=O) groups excluding carboxylic acids is 1. The Bertz CT molecular complexity index is 473. The van der Waals surface area contributed by atoms with Crippen LogP contribution in [0, 0.1) is 0 Å². The largest absolute Gasteiger partial charge is 0.418 e. The van der Waals surface area contributed by atoms with E-state index in [0.29, 0.717) is 0 Å². The molecule has 0 atom stereocenters. The second kappa shape index (κ2) is 6.60. The molecule has 0 radical (unpaired) electrons. The van der Waals surface area contributed by atoms with Crippen LogP contribution in [0.1, 0.15) is 25.8 Å². The van der Waals surface area contributed by atoms with Crippen molar-refractivity contribution in [2.45, 2.75) is 32.5 Å². The second-order valence-electron chi connectivity index (χ2n) is 4.52. The van der Waals surface area contributed by atoms with Gasteiger partial charge in [0.1, 0.15) is 0 Å². The van der Waals surface area contributed by atoms with E-state index in [1.807, 2.05) is 13.8 Å². The molecule has 0 aliphatic heterocycles. The van der Waals surface area contributed by atoms with E-state index in [0.717, 1.165) is 12.1 Å². The summed E-state index contributed by atoms with van der Waals surface area (Å²) in [6.07, 6.45) is -4.48. The first-order valence-corrected chi connectivity index (χ1v) is 6.08. The molecule has 20 heavy (non-hydrogen) atoms. The molecule has 0 aliphatic carbocycles. The molecule has 0 spiro atoms. The minimum absolute atomic E-state index is 0.00356. The molecule has 1 rings (SSSR count). The minimum atomic E-state index is -4.55. The first kappa shape index (κ1) is 16.3. The molecule has 0 unspecified atom stereocenters. The number of benzene rings is 1. The van der Waals surface area contributed by atoms with Crippen LogP contribution in [0.5, 0.6) is 0 Å². The van der Waals surface area contributed by atoms with Gasteiger partial charge in [-0.15, -0.1) is 0 Å². The van der Waals surface area contributed by atoms with E-state index in [-0.39, 0.29) is 30.5 Å². The number of amides is 1. The van der Waals surface area contributed by atoms with Gasteiger partial charge in [0.15, 0.2) is 0 Å². The number of carbonyl (C=O) groups is 1. The fourth-order valence-corrected chi connectivity index (χ4v) is 1.49. The molecule has 0 fully saturated rings. The molecule has 0 bridgehead atoms. The first-order chi connectivity index (χ1) is 9.20. The number of nitrogens with one attached hydrogen (secondary N) is 1. The maximum atomic E-state index is 12.6. The highest BCUT2D eigenvalue weighted by Gasteiger charge is 2.33. The van der Waals surface area contributed by atoms with Crippen LogP contribution in [-0.2, 0) is 15.7 Å². The third-order valence-corrected chi connectivity index (χ3v) is 2.42. The molecule has 4 nitrogen and oxygen atoms in total. The summed E-state index contributed by atoms with van der Waals surface area (Å²) in [5, 5.41) is 2.38. The zero-order valence-electron chi connectivity index (χ0n) is 11.3. The van der Waals surface area contributed by atoms with Crippen molar-refractivity contribution in [3.05, 3.63) is 23.8 Å². The van der Waals surface area contributed by atoms with Gasteiger partial charge in [-0.1, -0.05) is 0 Å². The van der Waals surface area contributed by atoms with Crippen molar-refractivity contribution < 1.29 is 22.7 Å². The van der Waals surface area contributed by atoms with Gasteiger partial charge in [-0.25, -0.2) is 0 Å². The van der Waals surface area contributed by atoms with Crippen molar-refractivity contribution >= 4 is 17.3 Å². The highest BCUT2D eigenvalue weighted by Crippen LogP contribution is 2.35. The van der Waals surface area contributed by atoms with Gasteiger partial charge < -0.3 is 15.8 Å². The van der Waals surface area contributed by atoms with Crippen molar-refractivity contribution in [1.29, 1.82) is 0 Å². The number of hydrogen-bond acceptors (Lipinski definition) is 3. The molecule has 0 aliphatic rings. The lowest BCUT2D eigenvalue weighted by atomic mass is 10.1. The van der Waals surface area contributed by atoms with Crippen LogP contribution in [-0.4, -0.2) is 18.6 Å². The number of nitrogens with two attached hydrogens (primary N) is 1.